The van der Waals surface area contributed by atoms with Gasteiger partial charge in [-0.05, 0) is 102 Å². The quantitative estimate of drug-likeness (QED) is 0.0194. The first-order chi connectivity index (χ1) is 53.8. The third kappa shape index (κ3) is 26.6. The van der Waals surface area contributed by atoms with Gasteiger partial charge in [-0.2, -0.15) is 0 Å². The van der Waals surface area contributed by atoms with Gasteiger partial charge in [-0.3, -0.25) is 9.59 Å². The van der Waals surface area contributed by atoms with Crippen LogP contribution in [0.15, 0.2) is 12.2 Å². The molecular weight excluding hydrogens is 1790 g/mol. The molecule has 1 saturated carbocycles. The Morgan fingerprint density at radius 2 is 0.805 bits per heavy atom. The zero-order valence-electron chi connectivity index (χ0n) is 67.8. The van der Waals surface area contributed by atoms with Gasteiger partial charge in [0.05, 0.1) is 133 Å². The maximum Gasteiger partial charge on any atom is 0.330 e. The fourth-order valence-electron chi connectivity index (χ4n) is 18.7. The third-order valence-corrected chi connectivity index (χ3v) is 28.7. The Hall–Kier alpha value is -2.77. The van der Waals surface area contributed by atoms with E-state index in [0.717, 1.165) is 135 Å². The van der Waals surface area contributed by atoms with Crippen LogP contribution in [0.5, 0.6) is 0 Å². The SMILES string of the molecule is C.[C-]#[N+][C@H](C)C[C@H]1CC[C@@H]2O[C@@H](/C=C/C(=O)OC)C[C@]2(CO)O1.[C-]#[N+][C@H](C)C[C@H]1CC[C@@H]2O[C@@H](CCC(=O)OC)C[C@]2(CI)O1.[C-]#[N+][C@H](C)C[C@H]1CC[C@@H]2O[C@@H](CCC(=O)OC)C[C@]2(CO)O1.[C-]#[N+][C@H](C)C[C@H]1CC[C@@H]2O[C@@H](CCCC)C[C@]2(CI)O1.[C-]#[N+][C@H](C)C[C@H]1CC[C@@H]2O[C@@H]([C@H]3COC4(CCCCC4)O3)C[C@]2(CI)O1. The Morgan fingerprint density at radius 1 is 0.451 bits per heavy atom. The van der Waals surface area contributed by atoms with Crippen LogP contribution >= 0.6 is 67.8 Å². The molecule has 638 valence electrons. The average Bonchev–Trinajstić information content (AvgIpc) is 1.63. The molecular formula is C85H132I3N5O20. The second-order valence-electron chi connectivity index (χ2n) is 33.5. The fraction of sp³-hybridized carbons (Fsp3) is 0.882. The Bertz CT molecular complexity index is 3120. The van der Waals surface area contributed by atoms with Gasteiger partial charge in [0.1, 0.15) is 34.1 Å². The van der Waals surface area contributed by atoms with E-state index >= 15 is 0 Å². The summed E-state index contributed by atoms with van der Waals surface area (Å²) in [7, 11) is 4.11. The highest BCUT2D eigenvalue weighted by Gasteiger charge is 2.59. The lowest BCUT2D eigenvalue weighted by molar-refractivity contribution is -0.199. The van der Waals surface area contributed by atoms with E-state index in [4.69, 9.17) is 94.4 Å². The maximum absolute atomic E-state index is 11.3. The van der Waals surface area contributed by atoms with Gasteiger partial charge in [-0.15, -0.1) is 0 Å². The van der Waals surface area contributed by atoms with Gasteiger partial charge >= 0.3 is 17.9 Å². The minimum atomic E-state index is -0.726. The maximum atomic E-state index is 11.3. The van der Waals surface area contributed by atoms with Gasteiger partial charge in [0.2, 0.25) is 30.2 Å². The molecule has 0 amide bonds. The lowest BCUT2D eigenvalue weighted by Crippen LogP contribution is -2.51. The number of methoxy groups -OCH3 is 3. The number of fused-ring (bicyclic) bond motifs is 5. The second kappa shape index (κ2) is 46.9. The minimum absolute atomic E-state index is 0. The van der Waals surface area contributed by atoms with Gasteiger partial charge in [0.25, 0.3) is 0 Å². The summed E-state index contributed by atoms with van der Waals surface area (Å²) >= 11 is 7.26. The molecule has 25 nitrogen and oxygen atoms in total. The molecule has 12 fully saturated rings. The van der Waals surface area contributed by atoms with E-state index < -0.39 is 17.2 Å². The summed E-state index contributed by atoms with van der Waals surface area (Å²) in [6.45, 7) is 47.9. The van der Waals surface area contributed by atoms with E-state index in [-0.39, 0.29) is 177 Å². The molecule has 2 N–H and O–H groups in total. The Balaban J connectivity index is 0.000000196. The van der Waals surface area contributed by atoms with Crippen LogP contribution in [0, 0.1) is 32.9 Å². The Labute approximate surface area is 715 Å². The summed E-state index contributed by atoms with van der Waals surface area (Å²) in [5.41, 5.74) is -1.95. The zero-order chi connectivity index (χ0) is 81.3. The molecule has 0 unspecified atom stereocenters. The van der Waals surface area contributed by atoms with Crippen LogP contribution in [0.4, 0.5) is 0 Å². The number of unbranched alkanes of at least 4 members (excludes halogenated alkanes) is 1. The number of hydrogen-bond acceptors (Lipinski definition) is 20. The number of halogens is 3. The van der Waals surface area contributed by atoms with Crippen molar-refractivity contribution in [3.8, 4) is 0 Å². The van der Waals surface area contributed by atoms with Crippen LogP contribution in [0.25, 0.3) is 24.2 Å². The average molecular weight is 1920 g/mol. The monoisotopic (exact) mass is 1920 g/mol. The topological polar surface area (TPSA) is 252 Å². The zero-order valence-corrected chi connectivity index (χ0v) is 74.2. The van der Waals surface area contributed by atoms with Crippen LogP contribution in [-0.2, 0) is 85.4 Å². The van der Waals surface area contributed by atoms with E-state index in [9.17, 15) is 24.6 Å². The smallest absolute Gasteiger partial charge is 0.330 e. The summed E-state index contributed by atoms with van der Waals surface area (Å²) in [4.78, 5) is 51.6. The van der Waals surface area contributed by atoms with Crippen molar-refractivity contribution in [2.45, 2.75) is 416 Å². The molecule has 0 radical (unpaired) electrons. The van der Waals surface area contributed by atoms with Crippen LogP contribution in [0.2, 0.25) is 0 Å². The number of esters is 3. The van der Waals surface area contributed by atoms with Gasteiger partial charge < -0.3 is 105 Å². The Kier molecular flexibility index (Phi) is 40.4. The number of carbonyl (C=O) groups is 3. The largest absolute Gasteiger partial charge is 0.469 e. The van der Waals surface area contributed by atoms with Crippen LogP contribution in [-0.4, -0.2) is 244 Å². The van der Waals surface area contributed by atoms with Gasteiger partial charge in [0.15, 0.2) is 5.79 Å². The number of alkyl halides is 3. The molecule has 11 aliphatic heterocycles. The molecule has 0 aromatic heterocycles. The first kappa shape index (κ1) is 97.4. The number of ether oxygens (including phenoxy) is 15. The van der Waals surface area contributed by atoms with E-state index in [1.165, 1.54) is 59.5 Å². The number of aliphatic hydroxyl groups excluding tert-OH is 2. The summed E-state index contributed by atoms with van der Waals surface area (Å²) in [6, 6.07) is -0.0608. The van der Waals surface area contributed by atoms with Crippen molar-refractivity contribution >= 4 is 85.7 Å². The van der Waals surface area contributed by atoms with Gasteiger partial charge in [-0.1, -0.05) is 101 Å². The lowest BCUT2D eigenvalue weighted by Gasteiger charge is -2.41. The first-order valence-electron chi connectivity index (χ1n) is 41.4. The van der Waals surface area contributed by atoms with E-state index in [1.54, 1.807) is 6.08 Å². The molecule has 0 aromatic carbocycles. The van der Waals surface area contributed by atoms with Crippen molar-refractivity contribution < 1.29 is 95.6 Å². The summed E-state index contributed by atoms with van der Waals surface area (Å²) in [6.07, 6.45) is 32.3. The van der Waals surface area contributed by atoms with Gasteiger partial charge in [-0.25, -0.2) is 37.7 Å². The molecule has 0 aromatic rings. The van der Waals surface area contributed by atoms with E-state index in [1.807, 2.05) is 34.6 Å². The molecule has 11 saturated heterocycles. The molecule has 113 heavy (non-hydrogen) atoms. The van der Waals surface area contributed by atoms with Gasteiger partial charge in [0, 0.05) is 144 Å². The standard InChI is InChI=1S/C20H30INO4.C16H24INO4.C16H26INO2.C16H25NO5.C16H23NO5.CH4/c1-14(22-2)10-15-6-7-18-19(13-21,25-15)11-16(24-18)17-12-23-20(26-17)8-4-3-5-9-20;1-11(18-2)8-12-4-6-14-16(10-17,22-12)9-13(21-14)5-7-15(19)20-3;1-4-5-6-14-10-16(11-17)15(19-14)8-7-13(20-16)9-12(2)18-3;2*1-11(17-2)8-12-4-6-14-16(10-18,22-12)9-13(21-14)5-7-15(19)20-3;/h14-18H,3-13H2,1H3;11-14H,4-10H2,1,3H3;12-15H,4-11H2,1-2H3;11-14,18H,4-10H2,1,3H3;5,7,11-14,18H,4,6,8-10H2,1,3H3;1H4/b;;;;7-5+;/t14-,15-,16-,17-,18+,19-;11-,12-,13+,14+,16-;12-,13-,14+,15+,16-;2*11-,12-,13+,14+,16-;/m11111./s1. The molecule has 28 heteroatoms. The predicted molar refractivity (Wildman–Crippen MR) is 451 cm³/mol. The molecule has 11 heterocycles. The minimum Gasteiger partial charge on any atom is -0.469 e. The molecule has 12 rings (SSSR count). The first-order valence-corrected chi connectivity index (χ1v) is 46.0. The number of carbonyl (C=O) groups excluding carboxylic acids is 3. The highest BCUT2D eigenvalue weighted by molar-refractivity contribution is 14.1. The van der Waals surface area contributed by atoms with Crippen molar-refractivity contribution in [3.05, 3.63) is 69.2 Å². The van der Waals surface area contributed by atoms with Crippen molar-refractivity contribution in [1.82, 2.24) is 0 Å². The highest BCUT2D eigenvalue weighted by Crippen LogP contribution is 2.51. The molecule has 12 aliphatic rings. The second-order valence-corrected chi connectivity index (χ2v) is 35.8. The van der Waals surface area contributed by atoms with Crippen molar-refractivity contribution in [1.29, 1.82) is 0 Å². The molecule has 0 bridgehead atoms. The van der Waals surface area contributed by atoms with Crippen molar-refractivity contribution in [3.63, 3.8) is 0 Å². The number of rotatable bonds is 27. The van der Waals surface area contributed by atoms with Crippen molar-refractivity contribution in [2.75, 3.05) is 54.4 Å². The van der Waals surface area contributed by atoms with Crippen LogP contribution < -0.4 is 0 Å². The highest BCUT2D eigenvalue weighted by atomic mass is 127. The molecule has 1 spiro atoms. The van der Waals surface area contributed by atoms with E-state index in [0.29, 0.717) is 64.1 Å². The summed E-state index contributed by atoms with van der Waals surface area (Å²) < 4.78 is 91.7. The number of nitrogens with zero attached hydrogens (tertiary/aromatic N) is 5. The third-order valence-electron chi connectivity index (χ3n) is 24.8. The molecule has 26 atom stereocenters. The number of hydrogen-bond donors (Lipinski definition) is 2. The van der Waals surface area contributed by atoms with E-state index in [2.05, 4.69) is 108 Å². The van der Waals surface area contributed by atoms with Crippen LogP contribution in [0.3, 0.4) is 0 Å². The summed E-state index contributed by atoms with van der Waals surface area (Å²) in [5.74, 6) is -1.21. The normalized spacial score (nSPS) is 37.5. The molecule has 1 aliphatic carbocycles. The lowest BCUT2D eigenvalue weighted by atomic mass is 9.85. The van der Waals surface area contributed by atoms with Crippen molar-refractivity contribution in [2.24, 2.45) is 0 Å². The Morgan fingerprint density at radius 3 is 1.18 bits per heavy atom. The fourth-order valence-corrected chi connectivity index (χ4v) is 21.7. The number of aliphatic hydroxyl groups is 2. The van der Waals surface area contributed by atoms with Crippen LogP contribution in [0.1, 0.15) is 254 Å². The predicted octanol–water partition coefficient (Wildman–Crippen LogP) is 15.6. The summed E-state index contributed by atoms with van der Waals surface area (Å²) in [5, 5.41) is 19.7.